The number of β-amino-alcohol motifs (C(OH)–C–C–N with tert-alkyl or cyclic N) is 1. The van der Waals surface area contributed by atoms with Gasteiger partial charge < -0.3 is 15.4 Å². The van der Waals surface area contributed by atoms with Gasteiger partial charge in [-0.1, -0.05) is 0 Å². The monoisotopic (exact) mass is 379 g/mol. The average molecular weight is 379 g/mol. The van der Waals surface area contributed by atoms with Crippen LogP contribution in [0.1, 0.15) is 5.82 Å². The summed E-state index contributed by atoms with van der Waals surface area (Å²) in [5, 5.41) is 9.05. The van der Waals surface area contributed by atoms with E-state index in [1.54, 1.807) is 7.05 Å². The van der Waals surface area contributed by atoms with Crippen LogP contribution >= 0.6 is 0 Å². The lowest BCUT2D eigenvalue weighted by Gasteiger charge is -2.34. The minimum absolute atomic E-state index is 0.131. The molecule has 1 fully saturated rings. The zero-order valence-electron chi connectivity index (χ0n) is 15.6. The number of rotatable bonds is 6. The molecule has 1 aliphatic heterocycles. The number of piperazine rings is 1. The summed E-state index contributed by atoms with van der Waals surface area (Å²) in [5.41, 5.74) is 4.85. The maximum atomic E-state index is 12.6. The number of imidazole rings is 1. The van der Waals surface area contributed by atoms with Gasteiger partial charge in [0.15, 0.2) is 11.2 Å². The largest absolute Gasteiger partial charge is 0.395 e. The van der Waals surface area contributed by atoms with Crippen molar-refractivity contribution in [1.82, 2.24) is 28.5 Å². The van der Waals surface area contributed by atoms with Crippen molar-refractivity contribution in [3.05, 3.63) is 26.7 Å². The fourth-order valence-corrected chi connectivity index (χ4v) is 3.45. The number of aryl methyl sites for hydroxylation is 1. The molecule has 1 saturated heterocycles. The molecule has 27 heavy (non-hydrogen) atoms. The Hall–Kier alpha value is -2.50. The highest BCUT2D eigenvalue weighted by molar-refractivity contribution is 5.78. The number of aliphatic hydroxyl groups is 1. The number of carbonyl (C=O) groups is 1. The van der Waals surface area contributed by atoms with Crippen molar-refractivity contribution in [2.45, 2.75) is 13.1 Å². The van der Waals surface area contributed by atoms with Crippen LogP contribution in [0.5, 0.6) is 0 Å². The van der Waals surface area contributed by atoms with Crippen LogP contribution in [0.15, 0.2) is 9.59 Å². The first-order valence-corrected chi connectivity index (χ1v) is 8.82. The summed E-state index contributed by atoms with van der Waals surface area (Å²) in [4.78, 5) is 45.2. The molecular formula is C16H25N7O4. The van der Waals surface area contributed by atoms with E-state index >= 15 is 0 Å². The predicted octanol–water partition coefficient (Wildman–Crippen LogP) is -2.97. The first-order chi connectivity index (χ1) is 12.8. The molecule has 0 aliphatic carbocycles. The summed E-state index contributed by atoms with van der Waals surface area (Å²) in [6, 6.07) is 0. The topological polar surface area (TPSA) is 132 Å². The van der Waals surface area contributed by atoms with Gasteiger partial charge >= 0.3 is 5.69 Å². The highest BCUT2D eigenvalue weighted by atomic mass is 16.3. The van der Waals surface area contributed by atoms with Gasteiger partial charge in [0, 0.05) is 46.8 Å². The molecule has 0 radical (unpaired) electrons. The van der Waals surface area contributed by atoms with Crippen molar-refractivity contribution >= 4 is 17.1 Å². The Morgan fingerprint density at radius 1 is 1.11 bits per heavy atom. The number of hydrogen-bond acceptors (Lipinski definition) is 7. The van der Waals surface area contributed by atoms with E-state index in [9.17, 15) is 14.4 Å². The minimum atomic E-state index is -0.584. The summed E-state index contributed by atoms with van der Waals surface area (Å²) in [6.07, 6.45) is 0. The number of carbonyl (C=O) groups excluding carboxylic acids is 1. The maximum absolute atomic E-state index is 12.6. The van der Waals surface area contributed by atoms with Crippen molar-refractivity contribution in [3.63, 3.8) is 0 Å². The minimum Gasteiger partial charge on any atom is -0.395 e. The highest BCUT2D eigenvalue weighted by Crippen LogP contribution is 2.14. The molecule has 148 valence electrons. The summed E-state index contributed by atoms with van der Waals surface area (Å²) in [7, 11) is 2.94. The first kappa shape index (κ1) is 19.3. The Morgan fingerprint density at radius 3 is 2.33 bits per heavy atom. The van der Waals surface area contributed by atoms with Crippen LogP contribution < -0.4 is 17.0 Å². The third-order valence-corrected chi connectivity index (χ3v) is 4.99. The molecular weight excluding hydrogens is 354 g/mol. The molecule has 0 spiro atoms. The normalized spacial score (nSPS) is 16.3. The number of primary amides is 1. The summed E-state index contributed by atoms with van der Waals surface area (Å²) >= 11 is 0. The Bertz CT molecular complexity index is 966. The molecule has 11 nitrogen and oxygen atoms in total. The number of hydrogen-bond donors (Lipinski definition) is 2. The van der Waals surface area contributed by atoms with Crippen LogP contribution in [0, 0.1) is 0 Å². The van der Waals surface area contributed by atoms with Crippen molar-refractivity contribution in [1.29, 1.82) is 0 Å². The Labute approximate surface area is 155 Å². The zero-order chi connectivity index (χ0) is 19.7. The van der Waals surface area contributed by atoms with Crippen LogP contribution in [-0.2, 0) is 32.0 Å². The summed E-state index contributed by atoms with van der Waals surface area (Å²) in [6.45, 7) is 4.22. The van der Waals surface area contributed by atoms with E-state index < -0.39 is 17.2 Å². The van der Waals surface area contributed by atoms with Gasteiger partial charge in [0.25, 0.3) is 5.56 Å². The molecule has 1 amide bonds. The predicted molar refractivity (Wildman–Crippen MR) is 98.2 cm³/mol. The quantitative estimate of drug-likeness (QED) is 0.548. The number of nitrogens with two attached hydrogens (primary N) is 1. The molecule has 0 unspecified atom stereocenters. The lowest BCUT2D eigenvalue weighted by molar-refractivity contribution is -0.118. The van der Waals surface area contributed by atoms with Gasteiger partial charge in [-0.3, -0.25) is 28.5 Å². The second kappa shape index (κ2) is 7.62. The van der Waals surface area contributed by atoms with Crippen molar-refractivity contribution in [2.75, 3.05) is 39.3 Å². The van der Waals surface area contributed by atoms with Crippen molar-refractivity contribution in [3.8, 4) is 0 Å². The van der Waals surface area contributed by atoms with Gasteiger partial charge in [0.1, 0.15) is 12.4 Å². The summed E-state index contributed by atoms with van der Waals surface area (Å²) in [5.74, 6) is -0.0584. The van der Waals surface area contributed by atoms with Gasteiger partial charge in [-0.25, -0.2) is 9.78 Å². The van der Waals surface area contributed by atoms with Gasteiger partial charge in [-0.05, 0) is 0 Å². The second-order valence-corrected chi connectivity index (χ2v) is 6.80. The molecule has 11 heteroatoms. The van der Waals surface area contributed by atoms with Gasteiger partial charge in [0.2, 0.25) is 5.91 Å². The fraction of sp³-hybridized carbons (Fsp3) is 0.625. The molecule has 0 bridgehead atoms. The molecule has 2 aromatic heterocycles. The first-order valence-electron chi connectivity index (χ1n) is 8.82. The van der Waals surface area contributed by atoms with Crippen LogP contribution in [0.25, 0.3) is 11.2 Å². The van der Waals surface area contributed by atoms with Gasteiger partial charge in [-0.15, -0.1) is 0 Å². The molecule has 3 rings (SSSR count). The van der Waals surface area contributed by atoms with Crippen LogP contribution in [-0.4, -0.2) is 78.8 Å². The van der Waals surface area contributed by atoms with Crippen molar-refractivity contribution in [2.24, 2.45) is 19.8 Å². The lowest BCUT2D eigenvalue weighted by atomic mass is 10.3. The van der Waals surface area contributed by atoms with E-state index in [0.29, 0.717) is 18.9 Å². The average Bonchev–Trinajstić information content (AvgIpc) is 2.97. The molecule has 3 heterocycles. The third-order valence-electron chi connectivity index (χ3n) is 4.99. The molecule has 3 N–H and O–H groups in total. The molecule has 0 atom stereocenters. The zero-order valence-corrected chi connectivity index (χ0v) is 15.6. The smallest absolute Gasteiger partial charge is 0.332 e. The molecule has 1 aliphatic rings. The molecule has 2 aromatic rings. The van der Waals surface area contributed by atoms with E-state index in [0.717, 1.165) is 30.7 Å². The molecule has 0 aromatic carbocycles. The Kier molecular flexibility index (Phi) is 5.44. The Morgan fingerprint density at radius 2 is 1.74 bits per heavy atom. The second-order valence-electron chi connectivity index (χ2n) is 6.80. The van der Waals surface area contributed by atoms with Crippen LogP contribution in [0.2, 0.25) is 0 Å². The number of aliphatic hydroxyl groups excluding tert-OH is 1. The van der Waals surface area contributed by atoms with Crippen LogP contribution in [0.4, 0.5) is 0 Å². The van der Waals surface area contributed by atoms with Crippen molar-refractivity contribution < 1.29 is 9.90 Å². The van der Waals surface area contributed by atoms with E-state index in [1.807, 2.05) is 0 Å². The SMILES string of the molecule is Cn1c(=O)c2c(nc(CN3CCN(CCO)CC3)n2CC(N)=O)n(C)c1=O. The standard InChI is InChI=1S/C16H25N7O4/c1-19-14-13(15(26)20(2)16(19)27)23(9-11(17)25)12(18-14)10-22-5-3-21(4-6-22)7-8-24/h24H,3-10H2,1-2H3,(H2,17,25). The van der Waals surface area contributed by atoms with E-state index in [2.05, 4.69) is 14.8 Å². The fourth-order valence-electron chi connectivity index (χ4n) is 3.45. The lowest BCUT2D eigenvalue weighted by Crippen LogP contribution is -2.47. The van der Waals surface area contributed by atoms with E-state index in [4.69, 9.17) is 10.8 Å². The highest BCUT2D eigenvalue weighted by Gasteiger charge is 2.23. The van der Waals surface area contributed by atoms with Crippen LogP contribution in [0.3, 0.4) is 0 Å². The van der Waals surface area contributed by atoms with Gasteiger partial charge in [-0.2, -0.15) is 0 Å². The molecule has 0 saturated carbocycles. The number of nitrogens with zero attached hydrogens (tertiary/aromatic N) is 6. The Balaban J connectivity index is 1.99. The summed E-state index contributed by atoms with van der Waals surface area (Å²) < 4.78 is 3.81. The van der Waals surface area contributed by atoms with E-state index in [-0.39, 0.29) is 24.3 Å². The number of fused-ring (bicyclic) bond motifs is 1. The van der Waals surface area contributed by atoms with E-state index in [1.165, 1.54) is 16.2 Å². The number of amides is 1. The maximum Gasteiger partial charge on any atom is 0.332 e. The van der Waals surface area contributed by atoms with Gasteiger partial charge in [0.05, 0.1) is 13.2 Å². The number of aromatic nitrogens is 4. The third kappa shape index (κ3) is 3.66.